The molecule has 2 rings (SSSR count). The number of hydrogen-bond donors (Lipinski definition) is 0. The Balaban J connectivity index is 2.25. The van der Waals surface area contributed by atoms with Crippen molar-refractivity contribution in [3.8, 4) is 6.07 Å². The van der Waals surface area contributed by atoms with E-state index < -0.39 is 0 Å². The Morgan fingerprint density at radius 1 is 1.47 bits per heavy atom. The first kappa shape index (κ1) is 10.2. The predicted molar refractivity (Wildman–Crippen MR) is 57.1 cm³/mol. The standard InChI is InChI=1S/C11H16N4/c1-9(2)14-4-3-5-15-11(8-14)6-10(7-12)13-15/h6,9H,3-5,8H2,1-2H3. The summed E-state index contributed by atoms with van der Waals surface area (Å²) in [5, 5.41) is 13.0. The van der Waals surface area contributed by atoms with E-state index in [1.54, 1.807) is 0 Å². The molecular formula is C11H16N4. The molecule has 1 aromatic heterocycles. The molecule has 0 atom stereocenters. The third kappa shape index (κ3) is 2.02. The van der Waals surface area contributed by atoms with Crippen LogP contribution in [0.15, 0.2) is 6.07 Å². The molecule has 0 saturated heterocycles. The smallest absolute Gasteiger partial charge is 0.162 e. The lowest BCUT2D eigenvalue weighted by Gasteiger charge is -2.23. The van der Waals surface area contributed by atoms with E-state index in [2.05, 4.69) is 29.9 Å². The van der Waals surface area contributed by atoms with Gasteiger partial charge >= 0.3 is 0 Å². The van der Waals surface area contributed by atoms with Crippen molar-refractivity contribution in [2.75, 3.05) is 6.54 Å². The van der Waals surface area contributed by atoms with Crippen molar-refractivity contribution in [1.29, 1.82) is 5.26 Å². The van der Waals surface area contributed by atoms with E-state index in [9.17, 15) is 0 Å². The Bertz CT molecular complexity index is 386. The normalized spacial score (nSPS) is 17.2. The molecular weight excluding hydrogens is 188 g/mol. The minimum Gasteiger partial charge on any atom is -0.295 e. The molecule has 1 aromatic rings. The van der Waals surface area contributed by atoms with Crippen molar-refractivity contribution in [3.05, 3.63) is 17.5 Å². The Morgan fingerprint density at radius 3 is 2.93 bits per heavy atom. The van der Waals surface area contributed by atoms with Crippen molar-refractivity contribution in [1.82, 2.24) is 14.7 Å². The second-order valence-corrected chi connectivity index (χ2v) is 4.27. The van der Waals surface area contributed by atoms with Crippen molar-refractivity contribution >= 4 is 0 Å². The van der Waals surface area contributed by atoms with Gasteiger partial charge in [0.2, 0.25) is 0 Å². The highest BCUT2D eigenvalue weighted by Crippen LogP contribution is 2.15. The maximum atomic E-state index is 8.79. The third-order valence-electron chi connectivity index (χ3n) is 2.89. The molecule has 4 heteroatoms. The van der Waals surface area contributed by atoms with Crippen LogP contribution in [0.1, 0.15) is 31.7 Å². The molecule has 0 radical (unpaired) electrons. The van der Waals surface area contributed by atoms with Gasteiger partial charge in [0.15, 0.2) is 5.69 Å². The topological polar surface area (TPSA) is 44.9 Å². The van der Waals surface area contributed by atoms with Gasteiger partial charge in [0.05, 0.1) is 5.69 Å². The highest BCUT2D eigenvalue weighted by molar-refractivity contribution is 5.22. The molecule has 2 heterocycles. The van der Waals surface area contributed by atoms with E-state index in [0.29, 0.717) is 11.7 Å². The summed E-state index contributed by atoms with van der Waals surface area (Å²) in [6.07, 6.45) is 1.11. The van der Waals surface area contributed by atoms with Crippen LogP contribution >= 0.6 is 0 Å². The average molecular weight is 204 g/mol. The first-order chi connectivity index (χ1) is 7.20. The molecule has 0 N–H and O–H groups in total. The molecule has 1 aliphatic rings. The summed E-state index contributed by atoms with van der Waals surface area (Å²) >= 11 is 0. The van der Waals surface area contributed by atoms with E-state index in [1.165, 1.54) is 0 Å². The van der Waals surface area contributed by atoms with Crippen LogP contribution in [0.5, 0.6) is 0 Å². The van der Waals surface area contributed by atoms with Crippen LogP contribution in [0.2, 0.25) is 0 Å². The van der Waals surface area contributed by atoms with Crippen LogP contribution in [0.4, 0.5) is 0 Å². The fourth-order valence-corrected chi connectivity index (χ4v) is 1.98. The maximum Gasteiger partial charge on any atom is 0.162 e. The van der Waals surface area contributed by atoms with E-state index >= 15 is 0 Å². The molecule has 0 aromatic carbocycles. The lowest BCUT2D eigenvalue weighted by molar-refractivity contribution is 0.216. The van der Waals surface area contributed by atoms with Gasteiger partial charge < -0.3 is 0 Å². The fourth-order valence-electron chi connectivity index (χ4n) is 1.98. The Kier molecular flexibility index (Phi) is 2.74. The second kappa shape index (κ2) is 4.03. The molecule has 4 nitrogen and oxygen atoms in total. The van der Waals surface area contributed by atoms with Crippen LogP contribution in [0, 0.1) is 11.3 Å². The van der Waals surface area contributed by atoms with Gasteiger partial charge in [-0.25, -0.2) is 0 Å². The zero-order chi connectivity index (χ0) is 10.8. The van der Waals surface area contributed by atoms with E-state index in [4.69, 9.17) is 5.26 Å². The van der Waals surface area contributed by atoms with E-state index in [0.717, 1.165) is 31.7 Å². The molecule has 0 unspecified atom stereocenters. The molecule has 80 valence electrons. The van der Waals surface area contributed by atoms with Crippen LogP contribution in [0.3, 0.4) is 0 Å². The number of nitrogens with zero attached hydrogens (tertiary/aromatic N) is 4. The summed E-state index contributed by atoms with van der Waals surface area (Å²) < 4.78 is 1.97. The Hall–Kier alpha value is -1.34. The SMILES string of the molecule is CC(C)N1CCCn2nc(C#N)cc2C1. The van der Waals surface area contributed by atoms with Gasteiger partial charge in [-0.05, 0) is 26.3 Å². The molecule has 15 heavy (non-hydrogen) atoms. The number of rotatable bonds is 1. The van der Waals surface area contributed by atoms with Gasteiger partial charge in [-0.15, -0.1) is 0 Å². The molecule has 0 aliphatic carbocycles. The largest absolute Gasteiger partial charge is 0.295 e. The zero-order valence-corrected chi connectivity index (χ0v) is 9.27. The lowest BCUT2D eigenvalue weighted by Crippen LogP contribution is -2.30. The molecule has 0 fully saturated rings. The van der Waals surface area contributed by atoms with Gasteiger partial charge in [-0.2, -0.15) is 10.4 Å². The summed E-state index contributed by atoms with van der Waals surface area (Å²) in [5.41, 5.74) is 1.70. The number of aryl methyl sites for hydroxylation is 1. The predicted octanol–water partition coefficient (Wildman–Crippen LogP) is 1.37. The van der Waals surface area contributed by atoms with Gasteiger partial charge in [-0.3, -0.25) is 9.58 Å². The summed E-state index contributed by atoms with van der Waals surface area (Å²) in [6, 6.07) is 4.55. The minimum absolute atomic E-state index is 0.538. The summed E-state index contributed by atoms with van der Waals surface area (Å²) in [5.74, 6) is 0. The van der Waals surface area contributed by atoms with Crippen LogP contribution in [-0.4, -0.2) is 27.3 Å². The van der Waals surface area contributed by atoms with E-state index in [-0.39, 0.29) is 0 Å². The molecule has 0 spiro atoms. The number of nitriles is 1. The number of aromatic nitrogens is 2. The second-order valence-electron chi connectivity index (χ2n) is 4.27. The fraction of sp³-hybridized carbons (Fsp3) is 0.636. The quantitative estimate of drug-likeness (QED) is 0.694. The molecule has 0 amide bonds. The van der Waals surface area contributed by atoms with E-state index in [1.807, 2.05) is 10.7 Å². The van der Waals surface area contributed by atoms with Crippen molar-refractivity contribution < 1.29 is 0 Å². The molecule has 0 saturated carbocycles. The Morgan fingerprint density at radius 2 is 2.27 bits per heavy atom. The maximum absolute atomic E-state index is 8.79. The van der Waals surface area contributed by atoms with Crippen molar-refractivity contribution in [3.63, 3.8) is 0 Å². The first-order valence-corrected chi connectivity index (χ1v) is 5.41. The third-order valence-corrected chi connectivity index (χ3v) is 2.89. The average Bonchev–Trinajstić information content (AvgIpc) is 2.49. The molecule has 0 bridgehead atoms. The highest BCUT2D eigenvalue weighted by atomic mass is 15.3. The summed E-state index contributed by atoms with van der Waals surface area (Å²) in [4.78, 5) is 2.42. The van der Waals surface area contributed by atoms with Gasteiger partial charge in [-0.1, -0.05) is 0 Å². The number of hydrogen-bond acceptors (Lipinski definition) is 3. The number of fused-ring (bicyclic) bond motifs is 1. The lowest BCUT2D eigenvalue weighted by atomic mass is 10.2. The van der Waals surface area contributed by atoms with Crippen LogP contribution in [0.25, 0.3) is 0 Å². The van der Waals surface area contributed by atoms with Crippen molar-refractivity contribution in [2.24, 2.45) is 0 Å². The van der Waals surface area contributed by atoms with Crippen LogP contribution < -0.4 is 0 Å². The first-order valence-electron chi connectivity index (χ1n) is 5.41. The summed E-state index contributed by atoms with van der Waals surface area (Å²) in [6.45, 7) is 7.37. The highest BCUT2D eigenvalue weighted by Gasteiger charge is 2.18. The minimum atomic E-state index is 0.538. The Labute approximate surface area is 90.1 Å². The molecule has 1 aliphatic heterocycles. The van der Waals surface area contributed by atoms with Crippen molar-refractivity contribution in [2.45, 2.75) is 39.4 Å². The van der Waals surface area contributed by atoms with Gasteiger partial charge in [0.25, 0.3) is 0 Å². The van der Waals surface area contributed by atoms with Gasteiger partial charge in [0, 0.05) is 25.7 Å². The monoisotopic (exact) mass is 204 g/mol. The summed E-state index contributed by atoms with van der Waals surface area (Å²) in [7, 11) is 0. The van der Waals surface area contributed by atoms with Gasteiger partial charge in [0.1, 0.15) is 6.07 Å². The van der Waals surface area contributed by atoms with Crippen LogP contribution in [-0.2, 0) is 13.1 Å². The zero-order valence-electron chi connectivity index (χ0n) is 9.27.